The Kier molecular flexibility index (Phi) is 13.7. The SMILES string of the molecule is CC=CCNCC.Cl. The zero-order valence-corrected chi connectivity index (χ0v) is 6.29. The van der Waals surface area contributed by atoms with E-state index in [1.54, 1.807) is 0 Å². The normalized spacial score (nSPS) is 9.25. The van der Waals surface area contributed by atoms with Crippen LogP contribution in [0.1, 0.15) is 13.8 Å². The molecule has 0 atom stereocenters. The second kappa shape index (κ2) is 10.1. The van der Waals surface area contributed by atoms with Gasteiger partial charge in [0.05, 0.1) is 0 Å². The minimum atomic E-state index is 0. The molecule has 0 saturated carbocycles. The van der Waals surface area contributed by atoms with Gasteiger partial charge in [-0.25, -0.2) is 0 Å². The van der Waals surface area contributed by atoms with Crippen LogP contribution in [0.2, 0.25) is 0 Å². The zero-order chi connectivity index (χ0) is 5.54. The molecule has 0 heterocycles. The summed E-state index contributed by atoms with van der Waals surface area (Å²) in [5.41, 5.74) is 0. The Balaban J connectivity index is 0. The lowest BCUT2D eigenvalue weighted by atomic mass is 10.5. The molecule has 0 unspecified atom stereocenters. The van der Waals surface area contributed by atoms with Crippen LogP contribution in [-0.2, 0) is 0 Å². The van der Waals surface area contributed by atoms with Crippen molar-refractivity contribution in [2.45, 2.75) is 13.8 Å². The van der Waals surface area contributed by atoms with Gasteiger partial charge in [0.2, 0.25) is 0 Å². The van der Waals surface area contributed by atoms with Crippen molar-refractivity contribution < 1.29 is 0 Å². The Hall–Kier alpha value is -0.0100. The molecule has 50 valence electrons. The molecule has 8 heavy (non-hydrogen) atoms. The van der Waals surface area contributed by atoms with Crippen LogP contribution in [0.5, 0.6) is 0 Å². The summed E-state index contributed by atoms with van der Waals surface area (Å²) in [6.07, 6.45) is 4.14. The molecular formula is C6H14ClN. The van der Waals surface area contributed by atoms with Crippen molar-refractivity contribution in [2.75, 3.05) is 13.1 Å². The Bertz CT molecular complexity index is 52.5. The van der Waals surface area contributed by atoms with Gasteiger partial charge in [-0.3, -0.25) is 0 Å². The Labute approximate surface area is 57.6 Å². The number of rotatable bonds is 3. The van der Waals surface area contributed by atoms with E-state index in [-0.39, 0.29) is 12.4 Å². The molecule has 0 aliphatic carbocycles. The molecule has 0 aromatic heterocycles. The van der Waals surface area contributed by atoms with Gasteiger partial charge in [0, 0.05) is 6.54 Å². The molecule has 0 spiro atoms. The van der Waals surface area contributed by atoms with Crippen molar-refractivity contribution in [3.05, 3.63) is 12.2 Å². The highest BCUT2D eigenvalue weighted by molar-refractivity contribution is 5.85. The first-order valence-electron chi connectivity index (χ1n) is 2.73. The van der Waals surface area contributed by atoms with Gasteiger partial charge < -0.3 is 5.32 Å². The molecule has 1 nitrogen and oxygen atoms in total. The summed E-state index contributed by atoms with van der Waals surface area (Å²) in [6, 6.07) is 0. The maximum Gasteiger partial charge on any atom is 0.0134 e. The van der Waals surface area contributed by atoms with E-state index in [1.807, 2.05) is 13.0 Å². The van der Waals surface area contributed by atoms with Crippen LogP contribution in [0.15, 0.2) is 12.2 Å². The average Bonchev–Trinajstić information content (AvgIpc) is 1.69. The summed E-state index contributed by atoms with van der Waals surface area (Å²) in [6.45, 7) is 6.19. The molecule has 0 aliphatic rings. The van der Waals surface area contributed by atoms with Crippen molar-refractivity contribution in [1.82, 2.24) is 5.32 Å². The Morgan fingerprint density at radius 2 is 2.12 bits per heavy atom. The van der Waals surface area contributed by atoms with Gasteiger partial charge in [-0.2, -0.15) is 0 Å². The second-order valence-electron chi connectivity index (χ2n) is 1.38. The number of allylic oxidation sites excluding steroid dienone is 1. The van der Waals surface area contributed by atoms with Crippen LogP contribution in [0.3, 0.4) is 0 Å². The predicted molar refractivity (Wildman–Crippen MR) is 40.6 cm³/mol. The highest BCUT2D eigenvalue weighted by atomic mass is 35.5. The minimum absolute atomic E-state index is 0. The van der Waals surface area contributed by atoms with Crippen LogP contribution in [0, 0.1) is 0 Å². The fourth-order valence-electron chi connectivity index (χ4n) is 0.346. The number of hydrogen-bond donors (Lipinski definition) is 1. The van der Waals surface area contributed by atoms with Gasteiger partial charge in [0.1, 0.15) is 0 Å². The smallest absolute Gasteiger partial charge is 0.0134 e. The third-order valence-corrected chi connectivity index (χ3v) is 0.748. The molecule has 0 aliphatic heterocycles. The average molecular weight is 136 g/mol. The van der Waals surface area contributed by atoms with Crippen molar-refractivity contribution in [3.8, 4) is 0 Å². The summed E-state index contributed by atoms with van der Waals surface area (Å²) in [5.74, 6) is 0. The summed E-state index contributed by atoms with van der Waals surface area (Å²) < 4.78 is 0. The number of halogens is 1. The van der Waals surface area contributed by atoms with E-state index in [2.05, 4.69) is 18.3 Å². The standard InChI is InChI=1S/C6H13N.ClH/c1-3-5-6-7-4-2;/h3,5,7H,4,6H2,1-2H3;1H. The second-order valence-corrected chi connectivity index (χ2v) is 1.38. The molecular weight excluding hydrogens is 122 g/mol. The third-order valence-electron chi connectivity index (χ3n) is 0.748. The summed E-state index contributed by atoms with van der Waals surface area (Å²) in [5, 5.41) is 3.16. The molecule has 0 rings (SSSR count). The van der Waals surface area contributed by atoms with Crippen molar-refractivity contribution in [1.29, 1.82) is 0 Å². The van der Waals surface area contributed by atoms with E-state index in [4.69, 9.17) is 0 Å². The van der Waals surface area contributed by atoms with E-state index < -0.39 is 0 Å². The number of nitrogens with one attached hydrogen (secondary N) is 1. The van der Waals surface area contributed by atoms with Crippen LogP contribution in [0.25, 0.3) is 0 Å². The summed E-state index contributed by atoms with van der Waals surface area (Å²) in [7, 11) is 0. The van der Waals surface area contributed by atoms with E-state index in [0.29, 0.717) is 0 Å². The van der Waals surface area contributed by atoms with Crippen molar-refractivity contribution in [2.24, 2.45) is 0 Å². The molecule has 0 radical (unpaired) electrons. The van der Waals surface area contributed by atoms with E-state index >= 15 is 0 Å². The zero-order valence-electron chi connectivity index (χ0n) is 5.48. The molecule has 0 fully saturated rings. The van der Waals surface area contributed by atoms with Gasteiger partial charge in [0.15, 0.2) is 0 Å². The highest BCUT2D eigenvalue weighted by Gasteiger charge is 1.68. The molecule has 0 amide bonds. The predicted octanol–water partition coefficient (Wildman–Crippen LogP) is 1.59. The van der Waals surface area contributed by atoms with Crippen LogP contribution in [-0.4, -0.2) is 13.1 Å². The third kappa shape index (κ3) is 9.37. The monoisotopic (exact) mass is 135 g/mol. The van der Waals surface area contributed by atoms with E-state index in [1.165, 1.54) is 0 Å². The number of likely N-dealkylation sites (N-methyl/N-ethyl adjacent to an activating group) is 1. The van der Waals surface area contributed by atoms with Gasteiger partial charge in [-0.15, -0.1) is 12.4 Å². The lowest BCUT2D eigenvalue weighted by molar-refractivity contribution is 0.799. The van der Waals surface area contributed by atoms with Crippen LogP contribution >= 0.6 is 12.4 Å². The summed E-state index contributed by atoms with van der Waals surface area (Å²) in [4.78, 5) is 0. The van der Waals surface area contributed by atoms with Crippen LogP contribution < -0.4 is 5.32 Å². The molecule has 0 bridgehead atoms. The van der Waals surface area contributed by atoms with E-state index in [0.717, 1.165) is 13.1 Å². The van der Waals surface area contributed by atoms with Gasteiger partial charge in [-0.1, -0.05) is 19.1 Å². The molecule has 2 heteroatoms. The molecule has 1 N–H and O–H groups in total. The van der Waals surface area contributed by atoms with Crippen molar-refractivity contribution >= 4 is 12.4 Å². The van der Waals surface area contributed by atoms with Gasteiger partial charge in [0.25, 0.3) is 0 Å². The fraction of sp³-hybridized carbons (Fsp3) is 0.667. The topological polar surface area (TPSA) is 12.0 Å². The van der Waals surface area contributed by atoms with Gasteiger partial charge in [-0.05, 0) is 13.5 Å². The first-order valence-corrected chi connectivity index (χ1v) is 2.73. The largest absolute Gasteiger partial charge is 0.314 e. The lowest BCUT2D eigenvalue weighted by Gasteiger charge is -1.89. The Morgan fingerprint density at radius 3 is 2.50 bits per heavy atom. The van der Waals surface area contributed by atoms with E-state index in [9.17, 15) is 0 Å². The Morgan fingerprint density at radius 1 is 1.50 bits per heavy atom. The van der Waals surface area contributed by atoms with Gasteiger partial charge >= 0.3 is 0 Å². The molecule has 0 saturated heterocycles. The first kappa shape index (κ1) is 10.9. The maximum absolute atomic E-state index is 3.16. The highest BCUT2D eigenvalue weighted by Crippen LogP contribution is 1.64. The molecule has 0 aromatic carbocycles. The summed E-state index contributed by atoms with van der Waals surface area (Å²) >= 11 is 0. The minimum Gasteiger partial charge on any atom is -0.314 e. The lowest BCUT2D eigenvalue weighted by Crippen LogP contribution is -2.11. The van der Waals surface area contributed by atoms with Crippen molar-refractivity contribution in [3.63, 3.8) is 0 Å². The first-order chi connectivity index (χ1) is 3.41. The fourth-order valence-corrected chi connectivity index (χ4v) is 0.346. The molecule has 0 aromatic rings. The number of hydrogen-bond acceptors (Lipinski definition) is 1. The van der Waals surface area contributed by atoms with Crippen LogP contribution in [0.4, 0.5) is 0 Å². The quantitative estimate of drug-likeness (QED) is 0.458. The maximum atomic E-state index is 3.16.